The summed E-state index contributed by atoms with van der Waals surface area (Å²) in [4.78, 5) is 29.2. The Balaban J connectivity index is 1.17. The summed E-state index contributed by atoms with van der Waals surface area (Å²) in [6.07, 6.45) is 10.1. The lowest BCUT2D eigenvalue weighted by molar-refractivity contribution is 0.240. The van der Waals surface area contributed by atoms with Gasteiger partial charge >= 0.3 is 6.03 Å². The lowest BCUT2D eigenvalue weighted by Crippen LogP contribution is -2.49. The first-order chi connectivity index (χ1) is 22.0. The molecular formula is C34H33N9O2. The molecule has 3 heterocycles. The zero-order chi connectivity index (χ0) is 31.2. The maximum absolute atomic E-state index is 13.7. The number of rotatable bonds is 8. The van der Waals surface area contributed by atoms with Gasteiger partial charge in [-0.2, -0.15) is 10.4 Å². The van der Waals surface area contributed by atoms with E-state index in [4.69, 9.17) is 4.98 Å². The van der Waals surface area contributed by atoms with Crippen LogP contribution >= 0.6 is 0 Å². The van der Waals surface area contributed by atoms with Crippen molar-refractivity contribution < 1.29 is 9.90 Å². The molecule has 0 spiro atoms. The molecular weight excluding hydrogens is 566 g/mol. The maximum atomic E-state index is 13.7. The van der Waals surface area contributed by atoms with Crippen molar-refractivity contribution in [2.24, 2.45) is 7.05 Å². The van der Waals surface area contributed by atoms with E-state index in [0.717, 1.165) is 47.9 Å². The molecule has 3 N–H and O–H groups in total. The van der Waals surface area contributed by atoms with Gasteiger partial charge in [0.25, 0.3) is 0 Å². The summed E-state index contributed by atoms with van der Waals surface area (Å²) in [5.74, 6) is 1.17. The second-order valence-electron chi connectivity index (χ2n) is 11.1. The number of nitriles is 1. The molecule has 5 aromatic rings. The van der Waals surface area contributed by atoms with Gasteiger partial charge < -0.3 is 15.7 Å². The molecule has 45 heavy (non-hydrogen) atoms. The summed E-state index contributed by atoms with van der Waals surface area (Å²) in [5.41, 5.74) is 4.49. The van der Waals surface area contributed by atoms with E-state index in [2.05, 4.69) is 31.8 Å². The van der Waals surface area contributed by atoms with Gasteiger partial charge in [-0.3, -0.25) is 9.58 Å². The number of hydrogen-bond donors (Lipinski definition) is 3. The maximum Gasteiger partial charge on any atom is 0.323 e. The number of pyridine rings is 1. The average molecular weight is 600 g/mol. The standard InChI is InChI=1S/C34H33N9O2/c1-42-22-27(21-39-42)25-9-16-31(36-19-25)43(34(45)38-18-23-5-3-2-4-6-23)29-12-10-28(11-13-29)40-33-37-20-26(17-35)32(41-33)24-7-14-30(44)15-8-24/h2-9,14-16,19-22,28-29,44H,10-13,18H2,1H3,(H,38,45)(H,37,40,41)/t28-,29-. The van der Waals surface area contributed by atoms with Gasteiger partial charge in [0.2, 0.25) is 5.95 Å². The summed E-state index contributed by atoms with van der Waals surface area (Å²) >= 11 is 0. The van der Waals surface area contributed by atoms with E-state index in [1.165, 1.54) is 6.20 Å². The van der Waals surface area contributed by atoms with E-state index in [1.807, 2.05) is 55.7 Å². The number of carbonyl (C=O) groups excluding carboxylic acids is 1. The Hall–Kier alpha value is -5.76. The van der Waals surface area contributed by atoms with E-state index in [0.29, 0.717) is 29.6 Å². The second kappa shape index (κ2) is 13.3. The number of phenols is 1. The van der Waals surface area contributed by atoms with Gasteiger partial charge in [0.15, 0.2) is 0 Å². The third-order valence-electron chi connectivity index (χ3n) is 7.98. The number of nitrogens with zero attached hydrogens (tertiary/aromatic N) is 7. The van der Waals surface area contributed by atoms with Gasteiger partial charge in [0, 0.05) is 54.8 Å². The molecule has 2 aromatic carbocycles. The van der Waals surface area contributed by atoms with Crippen LogP contribution in [0.5, 0.6) is 5.75 Å². The van der Waals surface area contributed by atoms with Crippen LogP contribution in [0.4, 0.5) is 16.6 Å². The Bertz CT molecular complexity index is 1790. The van der Waals surface area contributed by atoms with Crippen molar-refractivity contribution in [1.29, 1.82) is 5.26 Å². The van der Waals surface area contributed by atoms with Crippen LogP contribution in [0.1, 0.15) is 36.8 Å². The first-order valence-electron chi connectivity index (χ1n) is 14.9. The Morgan fingerprint density at radius 2 is 1.71 bits per heavy atom. The Morgan fingerprint density at radius 1 is 0.956 bits per heavy atom. The monoisotopic (exact) mass is 599 g/mol. The van der Waals surface area contributed by atoms with Crippen LogP contribution in [0.2, 0.25) is 0 Å². The zero-order valence-corrected chi connectivity index (χ0v) is 24.8. The molecule has 1 fully saturated rings. The van der Waals surface area contributed by atoms with E-state index in [-0.39, 0.29) is 23.9 Å². The summed E-state index contributed by atoms with van der Waals surface area (Å²) in [7, 11) is 1.87. The number of aromatic hydroxyl groups is 1. The number of amides is 2. The largest absolute Gasteiger partial charge is 0.508 e. The second-order valence-corrected chi connectivity index (χ2v) is 11.1. The number of aryl methyl sites for hydroxylation is 1. The number of urea groups is 1. The molecule has 3 aromatic heterocycles. The van der Waals surface area contributed by atoms with Crippen LogP contribution in [-0.4, -0.2) is 48.0 Å². The van der Waals surface area contributed by atoms with Gasteiger partial charge in [-0.25, -0.2) is 19.7 Å². The lowest BCUT2D eigenvalue weighted by Gasteiger charge is -2.36. The minimum atomic E-state index is -0.189. The minimum absolute atomic E-state index is 0.0509. The minimum Gasteiger partial charge on any atom is -0.508 e. The highest BCUT2D eigenvalue weighted by Gasteiger charge is 2.31. The fourth-order valence-electron chi connectivity index (χ4n) is 5.62. The number of benzene rings is 2. The molecule has 0 saturated heterocycles. The van der Waals surface area contributed by atoms with Crippen LogP contribution < -0.4 is 15.5 Å². The predicted molar refractivity (Wildman–Crippen MR) is 171 cm³/mol. The summed E-state index contributed by atoms with van der Waals surface area (Å²) in [6.45, 7) is 0.417. The van der Waals surface area contributed by atoms with Crippen LogP contribution in [0.15, 0.2) is 91.5 Å². The Kier molecular flexibility index (Phi) is 8.64. The number of nitrogens with one attached hydrogen (secondary N) is 2. The quantitative estimate of drug-likeness (QED) is 0.207. The Labute approximate surface area is 261 Å². The number of carbonyl (C=O) groups is 1. The van der Waals surface area contributed by atoms with Crippen LogP contribution in [0.25, 0.3) is 22.4 Å². The van der Waals surface area contributed by atoms with E-state index in [9.17, 15) is 15.2 Å². The van der Waals surface area contributed by atoms with Crippen LogP contribution in [-0.2, 0) is 13.6 Å². The number of anilines is 2. The lowest BCUT2D eigenvalue weighted by atomic mass is 9.90. The Morgan fingerprint density at radius 3 is 2.38 bits per heavy atom. The number of hydrogen-bond acceptors (Lipinski definition) is 8. The zero-order valence-electron chi connectivity index (χ0n) is 24.8. The molecule has 0 aliphatic heterocycles. The van der Waals surface area contributed by atoms with Gasteiger partial charge in [0.1, 0.15) is 17.6 Å². The van der Waals surface area contributed by atoms with Gasteiger partial charge in [-0.1, -0.05) is 30.3 Å². The van der Waals surface area contributed by atoms with Crippen molar-refractivity contribution >= 4 is 17.8 Å². The molecule has 0 radical (unpaired) electrons. The van der Waals surface area contributed by atoms with Crippen molar-refractivity contribution in [2.75, 3.05) is 10.2 Å². The van der Waals surface area contributed by atoms with Crippen molar-refractivity contribution in [3.8, 4) is 34.2 Å². The third-order valence-corrected chi connectivity index (χ3v) is 7.98. The van der Waals surface area contributed by atoms with Crippen LogP contribution in [0.3, 0.4) is 0 Å². The summed E-state index contributed by atoms with van der Waals surface area (Å²) < 4.78 is 1.75. The molecule has 1 saturated carbocycles. The highest BCUT2D eigenvalue weighted by Crippen LogP contribution is 2.30. The third kappa shape index (κ3) is 6.91. The smallest absolute Gasteiger partial charge is 0.323 e. The van der Waals surface area contributed by atoms with Crippen LogP contribution in [0, 0.1) is 11.3 Å². The molecule has 11 nitrogen and oxygen atoms in total. The molecule has 0 atom stereocenters. The number of aromatic nitrogens is 5. The van der Waals surface area contributed by atoms with Crippen molar-refractivity contribution in [1.82, 2.24) is 30.0 Å². The summed E-state index contributed by atoms with van der Waals surface area (Å²) in [6, 6.07) is 22.3. The number of phenolic OH excluding ortho intramolecular Hbond substituents is 1. The predicted octanol–water partition coefficient (Wildman–Crippen LogP) is 5.66. The molecule has 0 bridgehead atoms. The van der Waals surface area contributed by atoms with Crippen molar-refractivity contribution in [2.45, 2.75) is 44.3 Å². The first kappa shape index (κ1) is 29.3. The highest BCUT2D eigenvalue weighted by atomic mass is 16.3. The van der Waals surface area contributed by atoms with Crippen molar-refractivity contribution in [3.63, 3.8) is 0 Å². The van der Waals surface area contributed by atoms with E-state index >= 15 is 0 Å². The summed E-state index contributed by atoms with van der Waals surface area (Å²) in [5, 5.41) is 30.0. The van der Waals surface area contributed by atoms with Gasteiger partial charge in [0.05, 0.1) is 23.7 Å². The van der Waals surface area contributed by atoms with E-state index < -0.39 is 0 Å². The fraction of sp³-hybridized carbons (Fsp3) is 0.235. The molecule has 2 amide bonds. The van der Waals surface area contributed by atoms with E-state index in [1.54, 1.807) is 46.2 Å². The normalized spacial score (nSPS) is 16.0. The average Bonchev–Trinajstić information content (AvgIpc) is 3.52. The highest BCUT2D eigenvalue weighted by molar-refractivity contribution is 5.91. The van der Waals surface area contributed by atoms with Gasteiger partial charge in [-0.05, 0) is 67.6 Å². The molecule has 226 valence electrons. The molecule has 0 unspecified atom stereocenters. The fourth-order valence-corrected chi connectivity index (χ4v) is 5.62. The SMILES string of the molecule is Cn1cc(-c2ccc(N(C(=O)NCc3ccccc3)[C@H]3CC[C@H](Nc4ncc(C#N)c(-c5ccc(O)cc5)n4)CC3)nc2)cn1. The molecule has 6 rings (SSSR count). The molecule has 1 aliphatic rings. The molecule has 11 heteroatoms. The first-order valence-corrected chi connectivity index (χ1v) is 14.9. The van der Waals surface area contributed by atoms with Gasteiger partial charge in [-0.15, -0.1) is 0 Å². The molecule has 1 aliphatic carbocycles. The van der Waals surface area contributed by atoms with Crippen molar-refractivity contribution in [3.05, 3.63) is 103 Å². The topological polar surface area (TPSA) is 145 Å².